The number of aromatic nitrogens is 2. The first-order valence-corrected chi connectivity index (χ1v) is 13.1. The highest BCUT2D eigenvalue weighted by molar-refractivity contribution is 5.93. The number of hydrogen-bond acceptors (Lipinski definition) is 7. The highest BCUT2D eigenvalue weighted by atomic mass is 16.3. The summed E-state index contributed by atoms with van der Waals surface area (Å²) in [6.07, 6.45) is 4.48. The molecule has 2 fully saturated rings. The second-order valence-electron chi connectivity index (χ2n) is 10.3. The van der Waals surface area contributed by atoms with E-state index in [9.17, 15) is 14.7 Å². The van der Waals surface area contributed by atoms with Gasteiger partial charge >= 0.3 is 0 Å². The number of hydrogen-bond donors (Lipinski definition) is 2. The van der Waals surface area contributed by atoms with Gasteiger partial charge in [-0.3, -0.25) is 14.5 Å². The zero-order valence-electron chi connectivity index (χ0n) is 21.0. The van der Waals surface area contributed by atoms with Crippen molar-refractivity contribution in [3.05, 3.63) is 53.5 Å². The van der Waals surface area contributed by atoms with Gasteiger partial charge < -0.3 is 20.2 Å². The van der Waals surface area contributed by atoms with E-state index in [0.29, 0.717) is 30.5 Å². The van der Waals surface area contributed by atoms with Gasteiger partial charge in [-0.05, 0) is 42.7 Å². The largest absolute Gasteiger partial charge is 0.390 e. The molecule has 36 heavy (non-hydrogen) atoms. The molecule has 1 unspecified atom stereocenters. The summed E-state index contributed by atoms with van der Waals surface area (Å²) in [6.45, 7) is 6.63. The molecule has 2 aromatic rings. The minimum atomic E-state index is -0.590. The van der Waals surface area contributed by atoms with Crippen LogP contribution in [0.3, 0.4) is 0 Å². The molecule has 4 heterocycles. The summed E-state index contributed by atoms with van der Waals surface area (Å²) >= 11 is 0. The number of carbonyl (C=O) groups is 2. The molecule has 0 spiro atoms. The van der Waals surface area contributed by atoms with Crippen LogP contribution >= 0.6 is 0 Å². The smallest absolute Gasteiger partial charge is 0.272 e. The van der Waals surface area contributed by atoms with Gasteiger partial charge in [0.2, 0.25) is 5.91 Å². The van der Waals surface area contributed by atoms with Crippen LogP contribution in [-0.2, 0) is 17.8 Å². The molecule has 3 aliphatic heterocycles. The molecule has 5 rings (SSSR count). The number of anilines is 1. The molecule has 9 heteroatoms. The first-order valence-electron chi connectivity index (χ1n) is 13.1. The van der Waals surface area contributed by atoms with Crippen LogP contribution in [0.5, 0.6) is 0 Å². The molecule has 1 aromatic carbocycles. The van der Waals surface area contributed by atoms with Crippen LogP contribution in [0.25, 0.3) is 0 Å². The Morgan fingerprint density at radius 2 is 1.78 bits per heavy atom. The van der Waals surface area contributed by atoms with Crippen molar-refractivity contribution in [1.82, 2.24) is 24.7 Å². The molecule has 9 nitrogen and oxygen atoms in total. The van der Waals surface area contributed by atoms with E-state index >= 15 is 0 Å². The van der Waals surface area contributed by atoms with Crippen molar-refractivity contribution >= 4 is 17.6 Å². The Morgan fingerprint density at radius 1 is 1.03 bits per heavy atom. The Labute approximate surface area is 212 Å². The first-order chi connectivity index (χ1) is 17.5. The molecule has 192 valence electrons. The molecule has 3 aliphatic rings. The van der Waals surface area contributed by atoms with Crippen molar-refractivity contribution in [1.29, 1.82) is 0 Å². The number of likely N-dealkylation sites (tertiary alicyclic amines) is 2. The SMILES string of the molecule is CC(=O)N1CCC(CNc2cc(C(=O)N3CCC(N4CCc5ccccc5C4)[C@@H](O)C3)ncn2)CC1. The topological polar surface area (TPSA) is 102 Å². The summed E-state index contributed by atoms with van der Waals surface area (Å²) < 4.78 is 0. The van der Waals surface area contributed by atoms with E-state index in [1.807, 2.05) is 4.90 Å². The zero-order chi connectivity index (χ0) is 25.1. The van der Waals surface area contributed by atoms with Crippen LogP contribution in [0.15, 0.2) is 36.7 Å². The highest BCUT2D eigenvalue weighted by Gasteiger charge is 2.35. The van der Waals surface area contributed by atoms with E-state index in [2.05, 4.69) is 44.5 Å². The lowest BCUT2D eigenvalue weighted by molar-refractivity contribution is -0.130. The van der Waals surface area contributed by atoms with Gasteiger partial charge in [-0.15, -0.1) is 0 Å². The van der Waals surface area contributed by atoms with Crippen molar-refractivity contribution in [3.63, 3.8) is 0 Å². The van der Waals surface area contributed by atoms with Gasteiger partial charge in [-0.1, -0.05) is 24.3 Å². The second kappa shape index (κ2) is 10.9. The highest BCUT2D eigenvalue weighted by Crippen LogP contribution is 2.26. The summed E-state index contributed by atoms with van der Waals surface area (Å²) in [6, 6.07) is 10.3. The van der Waals surface area contributed by atoms with Crippen molar-refractivity contribution < 1.29 is 14.7 Å². The van der Waals surface area contributed by atoms with Gasteiger partial charge in [0.05, 0.1) is 6.10 Å². The first kappa shape index (κ1) is 24.6. The Bertz CT molecular complexity index is 1090. The lowest BCUT2D eigenvalue weighted by atomic mass is 9.94. The minimum Gasteiger partial charge on any atom is -0.390 e. The van der Waals surface area contributed by atoms with Crippen molar-refractivity contribution in [2.45, 2.75) is 51.3 Å². The number of nitrogens with zero attached hydrogens (tertiary/aromatic N) is 5. The number of fused-ring (bicyclic) bond motifs is 1. The third kappa shape index (κ3) is 5.52. The van der Waals surface area contributed by atoms with Gasteiger partial charge in [-0.2, -0.15) is 0 Å². The van der Waals surface area contributed by atoms with Crippen molar-refractivity contribution in [2.75, 3.05) is 44.6 Å². The fourth-order valence-corrected chi connectivity index (χ4v) is 5.76. The molecule has 2 N–H and O–H groups in total. The maximum absolute atomic E-state index is 13.2. The number of aliphatic hydroxyl groups excluding tert-OH is 1. The van der Waals surface area contributed by atoms with E-state index in [0.717, 1.165) is 58.4 Å². The van der Waals surface area contributed by atoms with Gasteiger partial charge in [0.15, 0.2) is 0 Å². The normalized spacial score (nSPS) is 23.3. The van der Waals surface area contributed by atoms with Crippen molar-refractivity contribution in [2.24, 2.45) is 5.92 Å². The van der Waals surface area contributed by atoms with Crippen LogP contribution in [-0.4, -0.2) is 93.0 Å². The summed E-state index contributed by atoms with van der Waals surface area (Å²) in [5.74, 6) is 1.06. The van der Waals surface area contributed by atoms with Gasteiger partial charge in [0.1, 0.15) is 17.8 Å². The number of piperidine rings is 2. The number of carbonyl (C=O) groups excluding carboxylic acids is 2. The fraction of sp³-hybridized carbons (Fsp3) is 0.556. The second-order valence-corrected chi connectivity index (χ2v) is 10.3. The van der Waals surface area contributed by atoms with Crippen LogP contribution < -0.4 is 5.32 Å². The summed E-state index contributed by atoms with van der Waals surface area (Å²) in [4.78, 5) is 39.2. The quantitative estimate of drug-likeness (QED) is 0.656. The Hall–Kier alpha value is -3.04. The summed E-state index contributed by atoms with van der Waals surface area (Å²) in [5.41, 5.74) is 3.07. The molecule has 2 atom stereocenters. The number of benzene rings is 1. The fourth-order valence-electron chi connectivity index (χ4n) is 5.76. The molecule has 0 bridgehead atoms. The molecule has 0 radical (unpaired) electrons. The van der Waals surface area contributed by atoms with E-state index in [1.165, 1.54) is 17.5 Å². The van der Waals surface area contributed by atoms with Gasteiger partial charge in [0, 0.05) is 64.8 Å². The van der Waals surface area contributed by atoms with Crippen molar-refractivity contribution in [3.8, 4) is 0 Å². The summed E-state index contributed by atoms with van der Waals surface area (Å²) in [7, 11) is 0. The molecular formula is C27H36N6O3. The zero-order valence-corrected chi connectivity index (χ0v) is 21.0. The predicted octanol–water partition coefficient (Wildman–Crippen LogP) is 1.78. The summed E-state index contributed by atoms with van der Waals surface area (Å²) in [5, 5.41) is 14.3. The third-order valence-electron chi connectivity index (χ3n) is 7.98. The van der Waals surface area contributed by atoms with Crippen LogP contribution in [0.4, 0.5) is 5.82 Å². The Balaban J connectivity index is 1.14. The van der Waals surface area contributed by atoms with Gasteiger partial charge in [0.25, 0.3) is 5.91 Å². The monoisotopic (exact) mass is 492 g/mol. The lowest BCUT2D eigenvalue weighted by Crippen LogP contribution is -2.56. The number of nitrogens with one attached hydrogen (secondary N) is 1. The maximum atomic E-state index is 13.2. The van der Waals surface area contributed by atoms with Crippen LogP contribution in [0.1, 0.15) is 47.8 Å². The van der Waals surface area contributed by atoms with Crippen LogP contribution in [0.2, 0.25) is 0 Å². The Kier molecular flexibility index (Phi) is 7.48. The minimum absolute atomic E-state index is 0.0550. The number of aliphatic hydroxyl groups is 1. The molecule has 1 aromatic heterocycles. The van der Waals surface area contributed by atoms with Crippen LogP contribution in [0, 0.1) is 5.92 Å². The van der Waals surface area contributed by atoms with E-state index in [-0.39, 0.29) is 17.9 Å². The van der Waals surface area contributed by atoms with E-state index in [4.69, 9.17) is 0 Å². The average Bonchev–Trinajstić information content (AvgIpc) is 2.91. The standard InChI is InChI=1S/C27H36N6O3/c1-19(34)31-10-6-20(7-11-31)15-28-26-14-23(29-18-30-26)27(36)33-13-9-24(25(35)17-33)32-12-8-21-4-2-3-5-22(21)16-32/h2-5,14,18,20,24-25,35H,6-13,15-17H2,1H3,(H,28,29,30)/t24?,25-/m0/s1. The number of amides is 2. The lowest BCUT2D eigenvalue weighted by Gasteiger charge is -2.43. The molecule has 2 amide bonds. The molecule has 0 aliphatic carbocycles. The maximum Gasteiger partial charge on any atom is 0.272 e. The Morgan fingerprint density at radius 3 is 2.53 bits per heavy atom. The number of rotatable bonds is 5. The third-order valence-corrected chi connectivity index (χ3v) is 7.98. The van der Waals surface area contributed by atoms with E-state index < -0.39 is 6.10 Å². The van der Waals surface area contributed by atoms with E-state index in [1.54, 1.807) is 17.9 Å². The molecule has 2 saturated heterocycles. The average molecular weight is 493 g/mol. The number of β-amino-alcohol motifs (C(OH)–C–C–N with tert-alkyl or cyclic N) is 1. The predicted molar refractivity (Wildman–Crippen MR) is 136 cm³/mol. The van der Waals surface area contributed by atoms with Gasteiger partial charge in [-0.25, -0.2) is 9.97 Å². The molecular weight excluding hydrogens is 456 g/mol. The molecule has 0 saturated carbocycles.